The second kappa shape index (κ2) is 8.97. The van der Waals surface area contributed by atoms with Crippen LogP contribution in [0, 0.1) is 0 Å². The van der Waals surface area contributed by atoms with Crippen molar-refractivity contribution in [2.75, 3.05) is 37.3 Å². The van der Waals surface area contributed by atoms with E-state index in [1.54, 1.807) is 25.2 Å². The molecule has 0 saturated carbocycles. The minimum absolute atomic E-state index is 0.0880. The lowest BCUT2D eigenvalue weighted by Gasteiger charge is -2.31. The molecule has 2 aliphatic rings. The molecule has 2 bridgehead atoms. The Labute approximate surface area is 197 Å². The van der Waals surface area contributed by atoms with Crippen molar-refractivity contribution < 1.29 is 9.53 Å². The number of nitrogens with one attached hydrogen (secondary N) is 3. The average molecular weight is 465 g/mol. The number of hydrogen-bond donors (Lipinski definition) is 3. The molecule has 9 heteroatoms. The van der Waals surface area contributed by atoms with Gasteiger partial charge in [-0.1, -0.05) is 36.7 Å². The highest BCUT2D eigenvalue weighted by atomic mass is 35.5. The van der Waals surface area contributed by atoms with Gasteiger partial charge in [0.1, 0.15) is 5.02 Å². The SMILES string of the molecule is CCN1CC2OC(C1)c1cc(Nc3ncc(Cl)c(Nc4ccccc4C(=O)NC)n3)ccc12. The van der Waals surface area contributed by atoms with Crippen LogP contribution in [0.25, 0.3) is 0 Å². The molecule has 3 aromatic rings. The van der Waals surface area contributed by atoms with E-state index in [1.165, 1.54) is 17.3 Å². The number of hydrogen-bond acceptors (Lipinski definition) is 7. The maximum atomic E-state index is 12.2. The monoisotopic (exact) mass is 464 g/mol. The fourth-order valence-electron chi connectivity index (χ4n) is 4.35. The van der Waals surface area contributed by atoms with Crippen molar-refractivity contribution in [3.05, 3.63) is 70.4 Å². The molecule has 2 aromatic carbocycles. The number of carbonyl (C=O) groups excluding carboxylic acids is 1. The van der Waals surface area contributed by atoms with Gasteiger partial charge in [-0.15, -0.1) is 0 Å². The van der Waals surface area contributed by atoms with Crippen LogP contribution in [0.1, 0.15) is 40.6 Å². The second-order valence-electron chi connectivity index (χ2n) is 8.07. The van der Waals surface area contributed by atoms with Gasteiger partial charge in [0.25, 0.3) is 5.91 Å². The molecule has 0 spiro atoms. The number of nitrogens with zero attached hydrogens (tertiary/aromatic N) is 3. The molecule has 2 atom stereocenters. The van der Waals surface area contributed by atoms with Gasteiger partial charge in [-0.2, -0.15) is 4.98 Å². The molecule has 1 fully saturated rings. The summed E-state index contributed by atoms with van der Waals surface area (Å²) in [4.78, 5) is 23.5. The first-order valence-electron chi connectivity index (χ1n) is 10.9. The molecule has 8 nitrogen and oxygen atoms in total. The maximum Gasteiger partial charge on any atom is 0.253 e. The molecule has 5 rings (SSSR count). The Bertz CT molecular complexity index is 1200. The summed E-state index contributed by atoms with van der Waals surface area (Å²) in [7, 11) is 1.59. The van der Waals surface area contributed by atoms with Gasteiger partial charge >= 0.3 is 0 Å². The van der Waals surface area contributed by atoms with Crippen molar-refractivity contribution in [2.24, 2.45) is 0 Å². The molecule has 1 amide bonds. The van der Waals surface area contributed by atoms with Gasteiger partial charge in [-0.25, -0.2) is 4.98 Å². The smallest absolute Gasteiger partial charge is 0.253 e. The number of fused-ring (bicyclic) bond motifs is 5. The fourth-order valence-corrected chi connectivity index (χ4v) is 4.49. The first-order chi connectivity index (χ1) is 16.1. The molecule has 170 valence electrons. The summed E-state index contributed by atoms with van der Waals surface area (Å²) in [6.45, 7) is 5.03. The number of halogens is 1. The summed E-state index contributed by atoms with van der Waals surface area (Å²) in [5.41, 5.74) is 4.45. The highest BCUT2D eigenvalue weighted by molar-refractivity contribution is 6.33. The standard InChI is InChI=1S/C24H25ClN6O2/c1-3-31-12-20-15-9-8-14(10-17(15)21(13-31)33-20)28-24-27-11-18(25)22(30-24)29-19-7-5-4-6-16(19)23(32)26-2/h4-11,20-21H,3,12-13H2,1-2H3,(H,26,32)(H2,27,28,29,30). The number of aromatic nitrogens is 2. The third-order valence-electron chi connectivity index (χ3n) is 6.06. The maximum absolute atomic E-state index is 12.2. The zero-order chi connectivity index (χ0) is 22.9. The predicted molar refractivity (Wildman–Crippen MR) is 129 cm³/mol. The molecule has 0 radical (unpaired) electrons. The summed E-state index contributed by atoms with van der Waals surface area (Å²) in [6, 6.07) is 13.4. The number of rotatable bonds is 6. The Hall–Kier alpha value is -3.20. The largest absolute Gasteiger partial charge is 0.363 e. The van der Waals surface area contributed by atoms with E-state index < -0.39 is 0 Å². The molecule has 1 saturated heterocycles. The highest BCUT2D eigenvalue weighted by Crippen LogP contribution is 2.44. The van der Waals surface area contributed by atoms with Crippen molar-refractivity contribution in [2.45, 2.75) is 19.1 Å². The van der Waals surface area contributed by atoms with Crippen LogP contribution in [0.3, 0.4) is 0 Å². The van der Waals surface area contributed by atoms with Crippen LogP contribution in [0.5, 0.6) is 0 Å². The summed E-state index contributed by atoms with van der Waals surface area (Å²) in [5.74, 6) is 0.606. The van der Waals surface area contributed by atoms with Crippen LogP contribution in [0.15, 0.2) is 48.7 Å². The topological polar surface area (TPSA) is 91.4 Å². The Morgan fingerprint density at radius 3 is 2.73 bits per heavy atom. The third-order valence-corrected chi connectivity index (χ3v) is 6.33. The molecule has 1 aromatic heterocycles. The zero-order valence-corrected chi connectivity index (χ0v) is 19.2. The quantitative estimate of drug-likeness (QED) is 0.497. The number of anilines is 4. The summed E-state index contributed by atoms with van der Waals surface area (Å²) >= 11 is 6.34. The molecule has 2 aliphatic heterocycles. The van der Waals surface area contributed by atoms with E-state index in [0.29, 0.717) is 28.0 Å². The Morgan fingerprint density at radius 1 is 1.15 bits per heavy atom. The van der Waals surface area contributed by atoms with Gasteiger partial charge in [0, 0.05) is 25.8 Å². The van der Waals surface area contributed by atoms with E-state index in [-0.39, 0.29) is 18.1 Å². The van der Waals surface area contributed by atoms with Gasteiger partial charge in [-0.05, 0) is 41.9 Å². The Balaban J connectivity index is 1.38. The van der Waals surface area contributed by atoms with Gasteiger partial charge in [-0.3, -0.25) is 9.69 Å². The van der Waals surface area contributed by atoms with Crippen LogP contribution in [0.2, 0.25) is 5.02 Å². The normalized spacial score (nSPS) is 19.1. The first kappa shape index (κ1) is 21.6. The van der Waals surface area contributed by atoms with Gasteiger partial charge in [0.15, 0.2) is 5.82 Å². The number of carbonyl (C=O) groups is 1. The summed E-state index contributed by atoms with van der Waals surface area (Å²) in [5, 5.41) is 9.42. The van der Waals surface area contributed by atoms with Crippen LogP contribution in [0.4, 0.5) is 23.1 Å². The lowest BCUT2D eigenvalue weighted by atomic mass is 10.0. The van der Waals surface area contributed by atoms with Crippen LogP contribution < -0.4 is 16.0 Å². The third kappa shape index (κ3) is 4.25. The summed E-state index contributed by atoms with van der Waals surface area (Å²) < 4.78 is 6.19. The van der Waals surface area contributed by atoms with E-state index in [4.69, 9.17) is 16.3 Å². The second-order valence-corrected chi connectivity index (χ2v) is 8.48. The van der Waals surface area contributed by atoms with E-state index in [1.807, 2.05) is 12.1 Å². The van der Waals surface area contributed by atoms with Crippen molar-refractivity contribution >= 4 is 40.6 Å². The van der Waals surface area contributed by atoms with Crippen molar-refractivity contribution in [1.82, 2.24) is 20.2 Å². The van der Waals surface area contributed by atoms with Crippen molar-refractivity contribution in [3.63, 3.8) is 0 Å². The number of benzene rings is 2. The van der Waals surface area contributed by atoms with E-state index in [0.717, 1.165) is 25.3 Å². The number of morpholine rings is 1. The minimum Gasteiger partial charge on any atom is -0.363 e. The molecular formula is C24H25ClN6O2. The Kier molecular flexibility index (Phi) is 5.88. The number of likely N-dealkylation sites (N-methyl/N-ethyl adjacent to an activating group) is 1. The zero-order valence-electron chi connectivity index (χ0n) is 18.4. The van der Waals surface area contributed by atoms with E-state index in [2.05, 4.69) is 49.9 Å². The van der Waals surface area contributed by atoms with E-state index in [9.17, 15) is 4.79 Å². The minimum atomic E-state index is -0.200. The van der Waals surface area contributed by atoms with Gasteiger partial charge < -0.3 is 20.7 Å². The lowest BCUT2D eigenvalue weighted by Crippen LogP contribution is -2.35. The Morgan fingerprint density at radius 2 is 1.94 bits per heavy atom. The number of ether oxygens (including phenoxy) is 1. The van der Waals surface area contributed by atoms with Crippen LogP contribution >= 0.6 is 11.6 Å². The van der Waals surface area contributed by atoms with Gasteiger partial charge in [0.05, 0.1) is 29.7 Å². The summed E-state index contributed by atoms with van der Waals surface area (Å²) in [6.07, 6.45) is 1.75. The molecular weight excluding hydrogens is 440 g/mol. The molecule has 33 heavy (non-hydrogen) atoms. The molecule has 3 N–H and O–H groups in total. The van der Waals surface area contributed by atoms with E-state index >= 15 is 0 Å². The molecule has 2 unspecified atom stereocenters. The lowest BCUT2D eigenvalue weighted by molar-refractivity contribution is -0.0661. The predicted octanol–water partition coefficient (Wildman–Crippen LogP) is 4.42. The highest BCUT2D eigenvalue weighted by Gasteiger charge is 2.38. The van der Waals surface area contributed by atoms with Gasteiger partial charge in [0.2, 0.25) is 5.95 Å². The fraction of sp³-hybridized carbons (Fsp3) is 0.292. The molecule has 3 heterocycles. The first-order valence-corrected chi connectivity index (χ1v) is 11.3. The number of para-hydroxylation sites is 1. The van der Waals surface area contributed by atoms with Crippen molar-refractivity contribution in [3.8, 4) is 0 Å². The average Bonchev–Trinajstić information content (AvgIpc) is 3.09. The number of amides is 1. The molecule has 0 aliphatic carbocycles. The van der Waals surface area contributed by atoms with Crippen molar-refractivity contribution in [1.29, 1.82) is 0 Å². The van der Waals surface area contributed by atoms with Crippen LogP contribution in [-0.2, 0) is 4.74 Å². The van der Waals surface area contributed by atoms with Crippen LogP contribution in [-0.4, -0.2) is 47.5 Å².